The van der Waals surface area contributed by atoms with Gasteiger partial charge in [0.25, 0.3) is 0 Å². The molecule has 19 heavy (non-hydrogen) atoms. The summed E-state index contributed by atoms with van der Waals surface area (Å²) in [6.07, 6.45) is 1.74. The van der Waals surface area contributed by atoms with E-state index in [1.165, 1.54) is 18.2 Å². The molecule has 1 heterocycles. The van der Waals surface area contributed by atoms with E-state index >= 15 is 0 Å². The number of carboxylic acids is 1. The summed E-state index contributed by atoms with van der Waals surface area (Å²) in [5.41, 5.74) is 0.409. The lowest BCUT2D eigenvalue weighted by Crippen LogP contribution is -2.46. The number of hydrogen-bond donors (Lipinski definition) is 2. The third-order valence-corrected chi connectivity index (χ3v) is 3.59. The molecule has 1 aliphatic heterocycles. The monoisotopic (exact) mass is 267 g/mol. The van der Waals surface area contributed by atoms with Crippen molar-refractivity contribution in [2.75, 3.05) is 13.2 Å². The maximum atomic E-state index is 13.7. The number of ether oxygens (including phenoxy) is 1. The van der Waals surface area contributed by atoms with Crippen LogP contribution in [0.1, 0.15) is 35.7 Å². The molecule has 0 aromatic heterocycles. The maximum absolute atomic E-state index is 13.7. The molecule has 4 nitrogen and oxygen atoms in total. The molecular formula is C14H18FNO3. The van der Waals surface area contributed by atoms with Gasteiger partial charge in [-0.05, 0) is 38.0 Å². The van der Waals surface area contributed by atoms with Gasteiger partial charge in [0.1, 0.15) is 5.82 Å². The van der Waals surface area contributed by atoms with Crippen LogP contribution in [0.5, 0.6) is 0 Å². The van der Waals surface area contributed by atoms with Crippen molar-refractivity contribution in [3.63, 3.8) is 0 Å². The third kappa shape index (κ3) is 3.52. The second-order valence-electron chi connectivity index (χ2n) is 5.14. The minimum Gasteiger partial charge on any atom is -0.478 e. The van der Waals surface area contributed by atoms with Crippen LogP contribution in [0, 0.1) is 5.82 Å². The zero-order chi connectivity index (χ0) is 13.9. The lowest BCUT2D eigenvalue weighted by Gasteiger charge is -2.34. The zero-order valence-corrected chi connectivity index (χ0v) is 10.9. The van der Waals surface area contributed by atoms with E-state index in [9.17, 15) is 9.18 Å². The summed E-state index contributed by atoms with van der Waals surface area (Å²) in [6.45, 7) is 3.79. The number of halogens is 1. The van der Waals surface area contributed by atoms with E-state index in [4.69, 9.17) is 9.84 Å². The summed E-state index contributed by atoms with van der Waals surface area (Å²) in [6, 6.07) is 3.86. The molecule has 0 bridgehead atoms. The first-order valence-electron chi connectivity index (χ1n) is 6.35. The summed E-state index contributed by atoms with van der Waals surface area (Å²) in [5, 5.41) is 12.2. The Bertz CT molecular complexity index is 470. The zero-order valence-electron chi connectivity index (χ0n) is 10.9. The fraction of sp³-hybridized carbons (Fsp3) is 0.500. The average molecular weight is 267 g/mol. The number of aromatic carboxylic acids is 1. The van der Waals surface area contributed by atoms with Gasteiger partial charge in [-0.15, -0.1) is 0 Å². The first-order chi connectivity index (χ1) is 9.00. The van der Waals surface area contributed by atoms with Crippen molar-refractivity contribution in [1.82, 2.24) is 5.32 Å². The van der Waals surface area contributed by atoms with Crippen molar-refractivity contribution < 1.29 is 19.0 Å². The first-order valence-corrected chi connectivity index (χ1v) is 6.35. The highest BCUT2D eigenvalue weighted by atomic mass is 19.1. The van der Waals surface area contributed by atoms with Gasteiger partial charge in [-0.1, -0.05) is 0 Å². The molecule has 1 aliphatic rings. The van der Waals surface area contributed by atoms with Crippen LogP contribution in [-0.4, -0.2) is 29.8 Å². The van der Waals surface area contributed by atoms with Crippen LogP contribution in [0.2, 0.25) is 0 Å². The number of carboxylic acid groups (broad SMARTS) is 1. The number of nitrogens with one attached hydrogen (secondary N) is 1. The number of hydrogen-bond acceptors (Lipinski definition) is 3. The minimum atomic E-state index is -1.04. The summed E-state index contributed by atoms with van der Waals surface area (Å²) in [5.74, 6) is -1.42. The molecule has 0 atom stereocenters. The molecule has 0 saturated carbocycles. The highest BCUT2D eigenvalue weighted by Gasteiger charge is 2.26. The molecule has 5 heteroatoms. The standard InChI is InChI=1S/C14H18FNO3/c1-14(4-6-19-7-5-14)16-9-11-8-10(13(17)18)2-3-12(11)15/h2-3,8,16H,4-7,9H2,1H3,(H,17,18). The minimum absolute atomic E-state index is 0.0794. The average Bonchev–Trinajstić information content (AvgIpc) is 2.38. The number of benzene rings is 1. The Morgan fingerprint density at radius 3 is 2.79 bits per heavy atom. The molecule has 0 amide bonds. The lowest BCUT2D eigenvalue weighted by atomic mass is 9.92. The summed E-state index contributed by atoms with van der Waals surface area (Å²) in [4.78, 5) is 10.9. The number of carbonyl (C=O) groups is 1. The van der Waals surface area contributed by atoms with Gasteiger partial charge in [0.05, 0.1) is 5.56 Å². The van der Waals surface area contributed by atoms with Gasteiger partial charge >= 0.3 is 5.97 Å². The molecule has 1 saturated heterocycles. The van der Waals surface area contributed by atoms with E-state index < -0.39 is 5.97 Å². The predicted octanol–water partition coefficient (Wildman–Crippen LogP) is 2.18. The van der Waals surface area contributed by atoms with E-state index in [-0.39, 0.29) is 16.9 Å². The Kier molecular flexibility index (Phi) is 4.17. The smallest absolute Gasteiger partial charge is 0.335 e. The quantitative estimate of drug-likeness (QED) is 0.878. The Morgan fingerprint density at radius 1 is 1.47 bits per heavy atom. The van der Waals surface area contributed by atoms with Gasteiger partial charge in [0.2, 0.25) is 0 Å². The predicted molar refractivity (Wildman–Crippen MR) is 68.7 cm³/mol. The third-order valence-electron chi connectivity index (χ3n) is 3.59. The molecular weight excluding hydrogens is 249 g/mol. The Labute approximate surface area is 111 Å². The van der Waals surface area contributed by atoms with E-state index in [2.05, 4.69) is 12.2 Å². The van der Waals surface area contributed by atoms with E-state index in [0.29, 0.717) is 25.3 Å². The van der Waals surface area contributed by atoms with Crippen LogP contribution in [0.3, 0.4) is 0 Å². The highest BCUT2D eigenvalue weighted by Crippen LogP contribution is 2.21. The van der Waals surface area contributed by atoms with Crippen molar-refractivity contribution in [1.29, 1.82) is 0 Å². The molecule has 104 valence electrons. The Balaban J connectivity index is 2.06. The van der Waals surface area contributed by atoms with Gasteiger partial charge in [-0.2, -0.15) is 0 Å². The summed E-state index contributed by atoms with van der Waals surface area (Å²) in [7, 11) is 0. The first kappa shape index (κ1) is 14.0. The van der Waals surface area contributed by atoms with Crippen molar-refractivity contribution in [2.24, 2.45) is 0 Å². The molecule has 0 aliphatic carbocycles. The van der Waals surface area contributed by atoms with Crippen LogP contribution in [-0.2, 0) is 11.3 Å². The van der Waals surface area contributed by atoms with Crippen LogP contribution in [0.25, 0.3) is 0 Å². The fourth-order valence-electron chi connectivity index (χ4n) is 2.15. The second kappa shape index (κ2) is 5.67. The SMILES string of the molecule is CC1(NCc2cc(C(=O)O)ccc2F)CCOCC1. The highest BCUT2D eigenvalue weighted by molar-refractivity contribution is 5.87. The topological polar surface area (TPSA) is 58.6 Å². The van der Waals surface area contributed by atoms with Crippen LogP contribution in [0.4, 0.5) is 4.39 Å². The molecule has 0 unspecified atom stereocenters. The van der Waals surface area contributed by atoms with E-state index in [1.807, 2.05) is 0 Å². The summed E-state index contributed by atoms with van der Waals surface area (Å²) < 4.78 is 19.0. The van der Waals surface area contributed by atoms with Gasteiger partial charge in [-0.25, -0.2) is 9.18 Å². The van der Waals surface area contributed by atoms with Crippen molar-refractivity contribution in [3.05, 3.63) is 35.1 Å². The van der Waals surface area contributed by atoms with Gasteiger partial charge < -0.3 is 15.2 Å². The maximum Gasteiger partial charge on any atom is 0.335 e. The van der Waals surface area contributed by atoms with Crippen molar-refractivity contribution in [2.45, 2.75) is 31.8 Å². The Hall–Kier alpha value is -1.46. The largest absolute Gasteiger partial charge is 0.478 e. The Morgan fingerprint density at radius 2 is 2.16 bits per heavy atom. The van der Waals surface area contributed by atoms with E-state index in [1.54, 1.807) is 0 Å². The molecule has 1 aromatic carbocycles. The number of rotatable bonds is 4. The molecule has 0 spiro atoms. The van der Waals surface area contributed by atoms with Crippen LogP contribution < -0.4 is 5.32 Å². The van der Waals surface area contributed by atoms with Crippen LogP contribution in [0.15, 0.2) is 18.2 Å². The van der Waals surface area contributed by atoms with Crippen molar-refractivity contribution >= 4 is 5.97 Å². The molecule has 2 N–H and O–H groups in total. The molecule has 2 rings (SSSR count). The molecule has 1 fully saturated rings. The van der Waals surface area contributed by atoms with Gasteiger partial charge in [-0.3, -0.25) is 0 Å². The van der Waals surface area contributed by atoms with Crippen LogP contribution >= 0.6 is 0 Å². The van der Waals surface area contributed by atoms with Gasteiger partial charge in [0, 0.05) is 30.9 Å². The van der Waals surface area contributed by atoms with E-state index in [0.717, 1.165) is 12.8 Å². The van der Waals surface area contributed by atoms with Gasteiger partial charge in [0.15, 0.2) is 0 Å². The molecule has 1 aromatic rings. The lowest BCUT2D eigenvalue weighted by molar-refractivity contribution is 0.0445. The normalized spacial score (nSPS) is 18.2. The van der Waals surface area contributed by atoms with Crippen molar-refractivity contribution in [3.8, 4) is 0 Å². The summed E-state index contributed by atoms with van der Waals surface area (Å²) >= 11 is 0. The second-order valence-corrected chi connectivity index (χ2v) is 5.14. The molecule has 0 radical (unpaired) electrons. The fourth-order valence-corrected chi connectivity index (χ4v) is 2.15.